The molecule has 0 aliphatic carbocycles. The van der Waals surface area contributed by atoms with Crippen molar-refractivity contribution in [3.8, 4) is 0 Å². The molecule has 150 valence electrons. The van der Waals surface area contributed by atoms with E-state index in [9.17, 15) is 18.0 Å². The van der Waals surface area contributed by atoms with E-state index in [-0.39, 0.29) is 0 Å². The zero-order valence-corrected chi connectivity index (χ0v) is 15.6. The summed E-state index contributed by atoms with van der Waals surface area (Å²) in [6.07, 6.45) is -4.22. The number of piperazine rings is 1. The molecule has 1 atom stereocenters. The molecule has 1 aliphatic rings. The monoisotopic (exact) mass is 385 g/mol. The number of primary amides is 1. The molecular weight excluding hydrogens is 359 g/mol. The number of aliphatic imine (C=N–C) groups is 1. The van der Waals surface area contributed by atoms with Gasteiger partial charge in [0.1, 0.15) is 6.04 Å². The Morgan fingerprint density at radius 2 is 1.96 bits per heavy atom. The Labute approximate surface area is 157 Å². The van der Waals surface area contributed by atoms with Crippen LogP contribution in [0.3, 0.4) is 0 Å². The van der Waals surface area contributed by atoms with Crippen molar-refractivity contribution < 1.29 is 18.0 Å². The van der Waals surface area contributed by atoms with Gasteiger partial charge >= 0.3 is 6.18 Å². The normalized spacial score (nSPS) is 17.7. The number of nitrogens with one attached hydrogen (secondary N) is 1. The number of alkyl halides is 3. The van der Waals surface area contributed by atoms with Gasteiger partial charge in [0.2, 0.25) is 5.91 Å². The summed E-state index contributed by atoms with van der Waals surface area (Å²) in [6, 6.07) is 5.48. The molecule has 1 unspecified atom stereocenters. The van der Waals surface area contributed by atoms with Gasteiger partial charge in [0.25, 0.3) is 0 Å². The van der Waals surface area contributed by atoms with E-state index in [2.05, 4.69) is 10.3 Å². The standard InChI is InChI=1S/C18H26F3N5O/c1-3-23-17(24-12-14-5-4-6-15(11-14)16(22)27)26-9-7-25(8-10-26)13(2)18(19,20)21/h4-6,11,13H,3,7-10,12H2,1-2H3,(H2,22,27)(H,23,24). The molecule has 1 aromatic rings. The van der Waals surface area contributed by atoms with Crippen molar-refractivity contribution in [2.75, 3.05) is 32.7 Å². The summed E-state index contributed by atoms with van der Waals surface area (Å²) in [6.45, 7) is 5.71. The first kappa shape index (κ1) is 21.0. The van der Waals surface area contributed by atoms with Crippen LogP contribution in [0.15, 0.2) is 29.3 Å². The van der Waals surface area contributed by atoms with Crippen LogP contribution in [0.4, 0.5) is 13.2 Å². The maximum atomic E-state index is 12.9. The van der Waals surface area contributed by atoms with Crippen molar-refractivity contribution in [2.24, 2.45) is 10.7 Å². The van der Waals surface area contributed by atoms with E-state index in [4.69, 9.17) is 5.73 Å². The molecule has 1 aliphatic heterocycles. The number of carbonyl (C=O) groups is 1. The lowest BCUT2D eigenvalue weighted by molar-refractivity contribution is -0.181. The van der Waals surface area contributed by atoms with Gasteiger partial charge in [-0.05, 0) is 31.5 Å². The molecule has 27 heavy (non-hydrogen) atoms. The Morgan fingerprint density at radius 3 is 2.52 bits per heavy atom. The Hall–Kier alpha value is -2.29. The number of benzene rings is 1. The van der Waals surface area contributed by atoms with Crippen LogP contribution in [0, 0.1) is 0 Å². The van der Waals surface area contributed by atoms with E-state index in [0.717, 1.165) is 5.56 Å². The quantitative estimate of drug-likeness (QED) is 0.599. The second-order valence-electron chi connectivity index (χ2n) is 6.48. The van der Waals surface area contributed by atoms with E-state index in [0.29, 0.717) is 50.8 Å². The SMILES string of the molecule is CCNC(=NCc1cccc(C(N)=O)c1)N1CCN(C(C)C(F)(F)F)CC1. The number of nitrogens with two attached hydrogens (primary N) is 1. The topological polar surface area (TPSA) is 74.0 Å². The Bertz CT molecular complexity index is 669. The first-order valence-electron chi connectivity index (χ1n) is 8.95. The van der Waals surface area contributed by atoms with Crippen LogP contribution in [0.2, 0.25) is 0 Å². The molecule has 0 saturated carbocycles. The zero-order chi connectivity index (χ0) is 20.0. The molecule has 0 spiro atoms. The maximum Gasteiger partial charge on any atom is 0.403 e. The van der Waals surface area contributed by atoms with Gasteiger partial charge in [-0.1, -0.05) is 12.1 Å². The van der Waals surface area contributed by atoms with Crippen LogP contribution in [0.5, 0.6) is 0 Å². The van der Waals surface area contributed by atoms with Gasteiger partial charge in [-0.15, -0.1) is 0 Å². The predicted octanol–water partition coefficient (Wildman–Crippen LogP) is 1.82. The van der Waals surface area contributed by atoms with Crippen LogP contribution in [0.1, 0.15) is 29.8 Å². The second-order valence-corrected chi connectivity index (χ2v) is 6.48. The van der Waals surface area contributed by atoms with Crippen molar-refractivity contribution >= 4 is 11.9 Å². The van der Waals surface area contributed by atoms with E-state index < -0.39 is 18.1 Å². The zero-order valence-electron chi connectivity index (χ0n) is 15.6. The summed E-state index contributed by atoms with van der Waals surface area (Å²) >= 11 is 0. The number of nitrogens with zero attached hydrogens (tertiary/aromatic N) is 3. The molecule has 0 aromatic heterocycles. The number of hydrogen-bond acceptors (Lipinski definition) is 3. The third kappa shape index (κ3) is 5.85. The Balaban J connectivity index is 2.02. The average molecular weight is 385 g/mol. The fraction of sp³-hybridized carbons (Fsp3) is 0.556. The Morgan fingerprint density at radius 1 is 1.30 bits per heavy atom. The molecule has 6 nitrogen and oxygen atoms in total. The number of rotatable bonds is 5. The molecule has 0 bridgehead atoms. The summed E-state index contributed by atoms with van der Waals surface area (Å²) in [5.41, 5.74) is 6.55. The van der Waals surface area contributed by atoms with Gasteiger partial charge in [-0.25, -0.2) is 4.99 Å². The molecule has 0 radical (unpaired) electrons. The minimum absolute atomic E-state index is 0.322. The number of carbonyl (C=O) groups excluding carboxylic acids is 1. The Kier molecular flexibility index (Phi) is 7.06. The first-order valence-corrected chi connectivity index (χ1v) is 8.95. The van der Waals surface area contributed by atoms with Crippen LogP contribution >= 0.6 is 0 Å². The van der Waals surface area contributed by atoms with Crippen LogP contribution in [-0.2, 0) is 6.54 Å². The van der Waals surface area contributed by atoms with Crippen LogP contribution < -0.4 is 11.1 Å². The number of guanidine groups is 1. The van der Waals surface area contributed by atoms with Crippen LogP contribution in [0.25, 0.3) is 0 Å². The fourth-order valence-corrected chi connectivity index (χ4v) is 2.94. The first-order chi connectivity index (χ1) is 12.7. The van der Waals surface area contributed by atoms with Gasteiger partial charge in [-0.3, -0.25) is 9.69 Å². The van der Waals surface area contributed by atoms with Gasteiger partial charge in [-0.2, -0.15) is 13.2 Å². The van der Waals surface area contributed by atoms with Crippen molar-refractivity contribution in [2.45, 2.75) is 32.6 Å². The summed E-state index contributed by atoms with van der Waals surface area (Å²) in [5.74, 6) is 0.156. The van der Waals surface area contributed by atoms with Crippen LogP contribution in [-0.4, -0.2) is 66.6 Å². The highest BCUT2D eigenvalue weighted by Crippen LogP contribution is 2.25. The minimum Gasteiger partial charge on any atom is -0.366 e. The number of halogens is 3. The van der Waals surface area contributed by atoms with Gasteiger partial charge < -0.3 is 16.0 Å². The molecule has 1 aromatic carbocycles. The number of hydrogen-bond donors (Lipinski definition) is 2. The summed E-state index contributed by atoms with van der Waals surface area (Å²) < 4.78 is 38.7. The van der Waals surface area contributed by atoms with E-state index in [1.807, 2.05) is 17.9 Å². The smallest absolute Gasteiger partial charge is 0.366 e. The molecule has 2 rings (SSSR count). The summed E-state index contributed by atoms with van der Waals surface area (Å²) in [5, 5.41) is 3.18. The minimum atomic E-state index is -4.22. The molecule has 1 saturated heterocycles. The lowest BCUT2D eigenvalue weighted by atomic mass is 10.1. The molecule has 9 heteroatoms. The van der Waals surface area contributed by atoms with Gasteiger partial charge in [0.05, 0.1) is 6.54 Å². The summed E-state index contributed by atoms with van der Waals surface area (Å²) in [7, 11) is 0. The highest BCUT2D eigenvalue weighted by molar-refractivity contribution is 5.92. The average Bonchev–Trinajstić information content (AvgIpc) is 2.64. The van der Waals surface area contributed by atoms with Crippen molar-refractivity contribution in [1.82, 2.24) is 15.1 Å². The lowest BCUT2D eigenvalue weighted by Crippen LogP contribution is -2.56. The number of amides is 1. The summed E-state index contributed by atoms with van der Waals surface area (Å²) in [4.78, 5) is 19.2. The van der Waals surface area contributed by atoms with Crippen molar-refractivity contribution in [3.63, 3.8) is 0 Å². The van der Waals surface area contributed by atoms with Gasteiger partial charge in [0, 0.05) is 38.3 Å². The van der Waals surface area contributed by atoms with Crippen molar-refractivity contribution in [3.05, 3.63) is 35.4 Å². The lowest BCUT2D eigenvalue weighted by Gasteiger charge is -2.39. The molecule has 3 N–H and O–H groups in total. The second kappa shape index (κ2) is 9.07. The maximum absolute atomic E-state index is 12.9. The third-order valence-electron chi connectivity index (χ3n) is 4.59. The highest BCUT2D eigenvalue weighted by Gasteiger charge is 2.41. The van der Waals surface area contributed by atoms with E-state index >= 15 is 0 Å². The highest BCUT2D eigenvalue weighted by atomic mass is 19.4. The molecule has 1 fully saturated rings. The third-order valence-corrected chi connectivity index (χ3v) is 4.59. The fourth-order valence-electron chi connectivity index (χ4n) is 2.94. The molecular formula is C18H26F3N5O. The molecule has 1 heterocycles. The molecule has 1 amide bonds. The van der Waals surface area contributed by atoms with Gasteiger partial charge in [0.15, 0.2) is 5.96 Å². The van der Waals surface area contributed by atoms with Crippen molar-refractivity contribution in [1.29, 1.82) is 0 Å². The largest absolute Gasteiger partial charge is 0.403 e. The van der Waals surface area contributed by atoms with E-state index in [1.54, 1.807) is 18.2 Å². The van der Waals surface area contributed by atoms with E-state index in [1.165, 1.54) is 11.8 Å². The predicted molar refractivity (Wildman–Crippen MR) is 98.4 cm³/mol.